The molecule has 0 aliphatic carbocycles. The van der Waals surface area contributed by atoms with Crippen LogP contribution in [0.1, 0.15) is 24.1 Å². The molecular weight excluding hydrogens is 420 g/mol. The quantitative estimate of drug-likeness (QED) is 0.346. The maximum Gasteiger partial charge on any atom is 0.428 e. The van der Waals surface area contributed by atoms with E-state index in [0.717, 1.165) is 4.40 Å². The van der Waals surface area contributed by atoms with Crippen molar-refractivity contribution in [2.45, 2.75) is 20.1 Å². The Morgan fingerprint density at radius 3 is 2.70 bits per heavy atom. The molecule has 0 fully saturated rings. The maximum absolute atomic E-state index is 13.4. The molecule has 33 heavy (non-hydrogen) atoms. The van der Waals surface area contributed by atoms with Gasteiger partial charge in [0, 0.05) is 30.7 Å². The molecule has 0 radical (unpaired) electrons. The molecule has 166 valence electrons. The predicted octanol–water partition coefficient (Wildman–Crippen LogP) is 1.20. The summed E-state index contributed by atoms with van der Waals surface area (Å²) in [6.45, 7) is 1.43. The second kappa shape index (κ2) is 7.99. The second-order valence-corrected chi connectivity index (χ2v) is 7.46. The fourth-order valence-electron chi connectivity index (χ4n) is 3.74. The van der Waals surface area contributed by atoms with Gasteiger partial charge in [0.15, 0.2) is 0 Å². The van der Waals surface area contributed by atoms with Crippen molar-refractivity contribution in [3.63, 3.8) is 0 Å². The molecule has 0 amide bonds. The number of aliphatic hydroxyl groups is 1. The zero-order valence-corrected chi connectivity index (χ0v) is 17.8. The molecular formula is C23H23N8O2+. The van der Waals surface area contributed by atoms with Crippen LogP contribution < -0.4 is 15.8 Å². The van der Waals surface area contributed by atoms with E-state index in [4.69, 9.17) is 12.6 Å². The monoisotopic (exact) mass is 448 g/mol. The molecule has 10 heteroatoms. The minimum Gasteiger partial charge on any atom is -0.390 e. The number of nitrogens with two attached hydrogens (primary N) is 1. The first-order chi connectivity index (χ1) is 18.0. The Kier molecular flexibility index (Phi) is 3.75. The maximum atomic E-state index is 13.4. The summed E-state index contributed by atoms with van der Waals surface area (Å²) in [6.07, 6.45) is 3.34. The average Bonchev–Trinajstić information content (AvgIpc) is 3.44. The highest BCUT2D eigenvalue weighted by Crippen LogP contribution is 2.33. The van der Waals surface area contributed by atoms with Crippen molar-refractivity contribution in [3.8, 4) is 22.4 Å². The lowest BCUT2D eigenvalue weighted by molar-refractivity contribution is -0.516. The number of H-pyrrole nitrogens is 1. The van der Waals surface area contributed by atoms with Crippen molar-refractivity contribution in [2.75, 3.05) is 5.73 Å². The molecule has 0 aliphatic rings. The summed E-state index contributed by atoms with van der Waals surface area (Å²) in [5, 5.41) is 12.8. The van der Waals surface area contributed by atoms with E-state index in [1.54, 1.807) is 43.1 Å². The number of aromatic nitrogens is 7. The first-order valence-electron chi connectivity index (χ1n) is 12.5. The molecule has 1 aromatic carbocycles. The van der Waals surface area contributed by atoms with Crippen molar-refractivity contribution in [2.24, 2.45) is 7.05 Å². The fourth-order valence-corrected chi connectivity index (χ4v) is 3.74. The second-order valence-electron chi connectivity index (χ2n) is 7.46. The smallest absolute Gasteiger partial charge is 0.390 e. The Hall–Kier alpha value is -4.31. The number of fused-ring (bicyclic) bond motifs is 1. The van der Waals surface area contributed by atoms with Gasteiger partial charge in [-0.25, -0.2) is 14.9 Å². The van der Waals surface area contributed by atoms with E-state index >= 15 is 0 Å². The lowest BCUT2D eigenvalue weighted by atomic mass is 9.99. The van der Waals surface area contributed by atoms with Gasteiger partial charge in [-0.15, -0.1) is 9.38 Å². The van der Waals surface area contributed by atoms with Gasteiger partial charge in [-0.05, 0) is 24.6 Å². The van der Waals surface area contributed by atoms with Gasteiger partial charge in [-0.3, -0.25) is 4.98 Å². The number of aromatic amines is 1. The van der Waals surface area contributed by atoms with Gasteiger partial charge in [-0.1, -0.05) is 30.2 Å². The number of anilines is 1. The fraction of sp³-hybridized carbons (Fsp3) is 0.174. The third-order valence-corrected chi connectivity index (χ3v) is 5.23. The van der Waals surface area contributed by atoms with Crippen LogP contribution in [0.25, 0.3) is 28.0 Å². The number of imidazole rings is 1. The van der Waals surface area contributed by atoms with Gasteiger partial charge in [0.2, 0.25) is 5.65 Å². The molecule has 0 saturated heterocycles. The first-order valence-corrected chi connectivity index (χ1v) is 9.99. The highest BCUT2D eigenvalue weighted by Gasteiger charge is 2.26. The Bertz CT molecular complexity index is 1780. The van der Waals surface area contributed by atoms with Crippen LogP contribution in [-0.2, 0) is 20.2 Å². The number of benzene rings is 1. The molecule has 4 heterocycles. The SMILES string of the molecule is [2H]c1c([2H])c([2H])c(-c2nc(N)[n+]3c(=O)n(Cc4nccn4C)[nH]c3c2-c2cc(C)nc(CO)c2)c([2H])c1[2H]. The largest absolute Gasteiger partial charge is 0.428 e. The van der Waals surface area contributed by atoms with Crippen molar-refractivity contribution in [1.82, 2.24) is 29.3 Å². The molecule has 4 N–H and O–H groups in total. The van der Waals surface area contributed by atoms with Gasteiger partial charge < -0.3 is 15.4 Å². The third-order valence-electron chi connectivity index (χ3n) is 5.23. The molecule has 0 bridgehead atoms. The van der Waals surface area contributed by atoms with E-state index < -0.39 is 35.9 Å². The van der Waals surface area contributed by atoms with E-state index in [9.17, 15) is 9.90 Å². The lowest BCUT2D eigenvalue weighted by Crippen LogP contribution is -2.44. The van der Waals surface area contributed by atoms with Gasteiger partial charge in [0.25, 0.3) is 0 Å². The Morgan fingerprint density at radius 2 is 2.00 bits per heavy atom. The summed E-state index contributed by atoms with van der Waals surface area (Å²) in [5.41, 5.74) is 7.22. The molecule has 4 aromatic heterocycles. The average molecular weight is 449 g/mol. The molecule has 10 nitrogen and oxygen atoms in total. The number of hydrogen-bond donors (Lipinski definition) is 3. The van der Waals surface area contributed by atoms with Crippen LogP contribution in [0.4, 0.5) is 5.95 Å². The van der Waals surface area contributed by atoms with E-state index in [0.29, 0.717) is 22.8 Å². The number of aryl methyl sites for hydroxylation is 2. The number of rotatable bonds is 5. The van der Waals surface area contributed by atoms with Gasteiger partial charge in [0.1, 0.15) is 18.1 Å². The van der Waals surface area contributed by atoms with Crippen LogP contribution in [0.15, 0.2) is 59.5 Å². The van der Waals surface area contributed by atoms with Crippen molar-refractivity contribution in [3.05, 3.63) is 82.4 Å². The Morgan fingerprint density at radius 1 is 1.21 bits per heavy atom. The zero-order chi connectivity index (χ0) is 27.5. The van der Waals surface area contributed by atoms with E-state index in [-0.39, 0.29) is 41.6 Å². The van der Waals surface area contributed by atoms with Crippen LogP contribution in [0.5, 0.6) is 0 Å². The molecule has 5 aromatic rings. The van der Waals surface area contributed by atoms with Gasteiger partial charge in [0.05, 0.1) is 24.7 Å². The van der Waals surface area contributed by atoms with E-state index in [1.807, 2.05) is 0 Å². The van der Waals surface area contributed by atoms with Gasteiger partial charge in [-0.2, -0.15) is 4.68 Å². The summed E-state index contributed by atoms with van der Waals surface area (Å²) in [6, 6.07) is 0.678. The first kappa shape index (κ1) is 15.5. The Labute approximate surface area is 195 Å². The number of aliphatic hydroxyl groups excluding tert-OH is 1. The summed E-state index contributed by atoms with van der Waals surface area (Å²) in [5.74, 6) is 0.332. The summed E-state index contributed by atoms with van der Waals surface area (Å²) >= 11 is 0. The molecule has 5 rings (SSSR count). The van der Waals surface area contributed by atoms with Gasteiger partial charge >= 0.3 is 11.6 Å². The normalized spacial score (nSPS) is 13.5. The predicted molar refractivity (Wildman–Crippen MR) is 122 cm³/mol. The summed E-state index contributed by atoms with van der Waals surface area (Å²) in [7, 11) is 1.79. The van der Waals surface area contributed by atoms with Crippen LogP contribution in [-0.4, -0.2) is 34.4 Å². The number of nitrogens with one attached hydrogen (secondary N) is 1. The lowest BCUT2D eigenvalue weighted by Gasteiger charge is -2.10. The van der Waals surface area contributed by atoms with Crippen molar-refractivity contribution < 1.29 is 16.4 Å². The van der Waals surface area contributed by atoms with E-state index in [1.165, 1.54) is 4.68 Å². The highest BCUT2D eigenvalue weighted by atomic mass is 16.3. The van der Waals surface area contributed by atoms with Crippen LogP contribution in [0.3, 0.4) is 0 Å². The summed E-state index contributed by atoms with van der Waals surface area (Å²) < 4.78 is 45.5. The minimum atomic E-state index is -0.550. The van der Waals surface area contributed by atoms with E-state index in [2.05, 4.69) is 20.1 Å². The number of pyridine rings is 1. The Balaban J connectivity index is 1.93. The zero-order valence-electron chi connectivity index (χ0n) is 22.8. The van der Waals surface area contributed by atoms with Crippen molar-refractivity contribution >= 4 is 11.6 Å². The molecule has 0 saturated carbocycles. The third kappa shape index (κ3) is 3.56. The summed E-state index contributed by atoms with van der Waals surface area (Å²) in [4.78, 5) is 26.4. The number of nitrogens with zero attached hydrogens (tertiary/aromatic N) is 6. The highest BCUT2D eigenvalue weighted by molar-refractivity contribution is 5.88. The van der Waals surface area contributed by atoms with Crippen molar-refractivity contribution in [1.29, 1.82) is 0 Å². The topological polar surface area (TPSA) is 132 Å². The standard InChI is InChI=1S/C23H22N8O2/c1-14-10-16(11-17(13-32)26-14)19-20(15-6-4-3-5-7-15)27-22(24)31-21(19)28-30(23(31)33)12-18-25-8-9-29(18)2/h3-11,32H,12-13H2,1-2H3,(H2,24,26,27,28)/p+1/i3D,4D,5D,6D,7D. The molecule has 0 spiro atoms. The molecule has 0 unspecified atom stereocenters. The van der Waals surface area contributed by atoms with Crippen LogP contribution >= 0.6 is 0 Å². The molecule has 0 aliphatic heterocycles. The van der Waals surface area contributed by atoms with Crippen LogP contribution in [0, 0.1) is 6.92 Å². The number of nitrogen functional groups attached to an aromatic ring is 1. The molecule has 0 atom stereocenters. The minimum absolute atomic E-state index is 0.0284. The number of hydrogen-bond acceptors (Lipinski definition) is 6. The van der Waals surface area contributed by atoms with Crippen LogP contribution in [0.2, 0.25) is 0 Å².